The zero-order chi connectivity index (χ0) is 8.91. The third-order valence-electron chi connectivity index (χ3n) is 1.02. The SMILES string of the molecule is COC(=O)OCC(C)(C)C#N. The number of rotatable bonds is 2. The first kappa shape index (κ1) is 9.76. The second-order valence-corrected chi connectivity index (χ2v) is 2.74. The van der Waals surface area contributed by atoms with E-state index < -0.39 is 11.6 Å². The third kappa shape index (κ3) is 4.20. The van der Waals surface area contributed by atoms with E-state index in [9.17, 15) is 4.79 Å². The minimum Gasteiger partial charge on any atom is -0.438 e. The summed E-state index contributed by atoms with van der Waals surface area (Å²) >= 11 is 0. The molecule has 4 heteroatoms. The molecule has 0 atom stereocenters. The number of methoxy groups -OCH3 is 1. The minimum absolute atomic E-state index is 0.0518. The van der Waals surface area contributed by atoms with Crippen LogP contribution in [0.15, 0.2) is 0 Å². The molecule has 0 bridgehead atoms. The van der Waals surface area contributed by atoms with Crippen molar-refractivity contribution < 1.29 is 14.3 Å². The molecule has 0 N–H and O–H groups in total. The molecule has 0 saturated heterocycles. The third-order valence-corrected chi connectivity index (χ3v) is 1.02. The molecule has 4 nitrogen and oxygen atoms in total. The van der Waals surface area contributed by atoms with Crippen LogP contribution in [0.3, 0.4) is 0 Å². The first-order chi connectivity index (χ1) is 5.02. The van der Waals surface area contributed by atoms with Crippen LogP contribution in [0.5, 0.6) is 0 Å². The van der Waals surface area contributed by atoms with E-state index in [1.165, 1.54) is 7.11 Å². The molecule has 0 aliphatic heterocycles. The van der Waals surface area contributed by atoms with E-state index in [2.05, 4.69) is 9.47 Å². The van der Waals surface area contributed by atoms with Gasteiger partial charge in [-0.3, -0.25) is 0 Å². The summed E-state index contributed by atoms with van der Waals surface area (Å²) in [7, 11) is 1.22. The number of carbonyl (C=O) groups is 1. The molecule has 0 aromatic heterocycles. The van der Waals surface area contributed by atoms with Crippen molar-refractivity contribution in [1.82, 2.24) is 0 Å². The van der Waals surface area contributed by atoms with Crippen LogP contribution < -0.4 is 0 Å². The quantitative estimate of drug-likeness (QED) is 0.567. The summed E-state index contributed by atoms with van der Waals surface area (Å²) in [5.74, 6) is 0. The van der Waals surface area contributed by atoms with Crippen molar-refractivity contribution in [2.75, 3.05) is 13.7 Å². The Labute approximate surface area is 65.7 Å². The Balaban J connectivity index is 3.72. The van der Waals surface area contributed by atoms with E-state index in [1.54, 1.807) is 13.8 Å². The van der Waals surface area contributed by atoms with Crippen LogP contribution >= 0.6 is 0 Å². The summed E-state index contributed by atoms with van der Waals surface area (Å²) < 4.78 is 8.78. The van der Waals surface area contributed by atoms with Gasteiger partial charge in [-0.05, 0) is 13.8 Å². The minimum atomic E-state index is -0.756. The van der Waals surface area contributed by atoms with Gasteiger partial charge in [0, 0.05) is 0 Å². The predicted octanol–water partition coefficient (Wildman–Crippen LogP) is 1.32. The fourth-order valence-corrected chi connectivity index (χ4v) is 0.331. The number of hydrogen-bond donors (Lipinski definition) is 0. The maximum atomic E-state index is 10.4. The maximum Gasteiger partial charge on any atom is 0.508 e. The average Bonchev–Trinajstić information content (AvgIpc) is 2.00. The van der Waals surface area contributed by atoms with Crippen LogP contribution in [-0.4, -0.2) is 19.9 Å². The van der Waals surface area contributed by atoms with E-state index in [0.29, 0.717) is 0 Å². The van der Waals surface area contributed by atoms with Gasteiger partial charge >= 0.3 is 6.16 Å². The number of nitriles is 1. The molecule has 0 heterocycles. The Morgan fingerprint density at radius 1 is 1.64 bits per heavy atom. The molecule has 0 spiro atoms. The Morgan fingerprint density at radius 3 is 2.55 bits per heavy atom. The number of carbonyl (C=O) groups excluding carboxylic acids is 1. The maximum absolute atomic E-state index is 10.4. The topological polar surface area (TPSA) is 59.3 Å². The lowest BCUT2D eigenvalue weighted by molar-refractivity contribution is 0.0543. The highest BCUT2D eigenvalue weighted by atomic mass is 16.7. The van der Waals surface area contributed by atoms with Gasteiger partial charge < -0.3 is 9.47 Å². The molecule has 0 radical (unpaired) electrons. The highest BCUT2D eigenvalue weighted by Crippen LogP contribution is 2.12. The normalized spacial score (nSPS) is 10.0. The van der Waals surface area contributed by atoms with Gasteiger partial charge in [0.25, 0.3) is 0 Å². The van der Waals surface area contributed by atoms with E-state index >= 15 is 0 Å². The summed E-state index contributed by atoms with van der Waals surface area (Å²) in [6.45, 7) is 3.40. The first-order valence-corrected chi connectivity index (χ1v) is 3.14. The highest BCUT2D eigenvalue weighted by Gasteiger charge is 2.19. The standard InChI is InChI=1S/C7H11NO3/c1-7(2,4-8)5-11-6(9)10-3/h5H2,1-3H3. The molecular formula is C7H11NO3. The van der Waals surface area contributed by atoms with E-state index in [-0.39, 0.29) is 6.61 Å². The molecule has 0 rings (SSSR count). The van der Waals surface area contributed by atoms with Gasteiger partial charge in [-0.2, -0.15) is 5.26 Å². The summed E-state index contributed by atoms with van der Waals surface area (Å²) in [5.41, 5.74) is -0.645. The van der Waals surface area contributed by atoms with Crippen LogP contribution in [0.25, 0.3) is 0 Å². The number of nitrogens with zero attached hydrogens (tertiary/aromatic N) is 1. The average molecular weight is 157 g/mol. The second kappa shape index (κ2) is 3.81. The van der Waals surface area contributed by atoms with Crippen molar-refractivity contribution in [3.05, 3.63) is 0 Å². The van der Waals surface area contributed by atoms with Gasteiger partial charge in [0.05, 0.1) is 18.6 Å². The van der Waals surface area contributed by atoms with Gasteiger partial charge in [-0.25, -0.2) is 4.79 Å². The summed E-state index contributed by atoms with van der Waals surface area (Å²) in [4.78, 5) is 10.4. The smallest absolute Gasteiger partial charge is 0.438 e. The Morgan fingerprint density at radius 2 is 2.18 bits per heavy atom. The molecule has 0 aromatic carbocycles. The van der Waals surface area contributed by atoms with Crippen molar-refractivity contribution in [2.45, 2.75) is 13.8 Å². The van der Waals surface area contributed by atoms with E-state index in [1.807, 2.05) is 6.07 Å². The summed E-state index contributed by atoms with van der Waals surface area (Å²) in [6.07, 6.45) is -0.756. The Kier molecular flexibility index (Phi) is 3.38. The zero-order valence-electron chi connectivity index (χ0n) is 6.88. The number of ether oxygens (including phenoxy) is 2. The lowest BCUT2D eigenvalue weighted by Crippen LogP contribution is -2.19. The fraction of sp³-hybridized carbons (Fsp3) is 0.714. The molecule has 62 valence electrons. The van der Waals surface area contributed by atoms with Crippen LogP contribution in [0.2, 0.25) is 0 Å². The molecular weight excluding hydrogens is 146 g/mol. The van der Waals surface area contributed by atoms with Crippen LogP contribution in [0.1, 0.15) is 13.8 Å². The van der Waals surface area contributed by atoms with Crippen molar-refractivity contribution in [3.8, 4) is 6.07 Å². The van der Waals surface area contributed by atoms with Crippen LogP contribution in [0.4, 0.5) is 4.79 Å². The van der Waals surface area contributed by atoms with E-state index in [4.69, 9.17) is 5.26 Å². The van der Waals surface area contributed by atoms with Gasteiger partial charge in [-0.15, -0.1) is 0 Å². The molecule has 0 unspecified atom stereocenters. The largest absolute Gasteiger partial charge is 0.508 e. The molecule has 0 aliphatic carbocycles. The van der Waals surface area contributed by atoms with Crippen molar-refractivity contribution in [1.29, 1.82) is 5.26 Å². The summed E-state index contributed by atoms with van der Waals surface area (Å²) in [6, 6.07) is 1.99. The fourth-order valence-electron chi connectivity index (χ4n) is 0.331. The summed E-state index contributed by atoms with van der Waals surface area (Å²) in [5, 5.41) is 8.50. The number of hydrogen-bond acceptors (Lipinski definition) is 4. The zero-order valence-corrected chi connectivity index (χ0v) is 6.88. The lowest BCUT2D eigenvalue weighted by atomic mass is 9.98. The van der Waals surface area contributed by atoms with Crippen molar-refractivity contribution in [3.63, 3.8) is 0 Å². The van der Waals surface area contributed by atoms with Gasteiger partial charge in [-0.1, -0.05) is 0 Å². The van der Waals surface area contributed by atoms with Crippen molar-refractivity contribution >= 4 is 6.16 Å². The first-order valence-electron chi connectivity index (χ1n) is 3.14. The van der Waals surface area contributed by atoms with Gasteiger partial charge in [0.2, 0.25) is 0 Å². The van der Waals surface area contributed by atoms with Crippen molar-refractivity contribution in [2.24, 2.45) is 5.41 Å². The molecule has 0 aromatic rings. The predicted molar refractivity (Wildman–Crippen MR) is 37.8 cm³/mol. The highest BCUT2D eigenvalue weighted by molar-refractivity contribution is 5.59. The second-order valence-electron chi connectivity index (χ2n) is 2.74. The Bertz CT molecular complexity index is 181. The Hall–Kier alpha value is -1.24. The van der Waals surface area contributed by atoms with Crippen LogP contribution in [0, 0.1) is 16.7 Å². The van der Waals surface area contributed by atoms with Crippen LogP contribution in [-0.2, 0) is 9.47 Å². The molecule has 0 aliphatic rings. The molecule has 11 heavy (non-hydrogen) atoms. The molecule has 0 fully saturated rings. The van der Waals surface area contributed by atoms with E-state index in [0.717, 1.165) is 0 Å². The molecule has 0 amide bonds. The van der Waals surface area contributed by atoms with Gasteiger partial charge in [0.1, 0.15) is 6.61 Å². The lowest BCUT2D eigenvalue weighted by Gasteiger charge is -2.13. The molecule has 0 saturated carbocycles. The van der Waals surface area contributed by atoms with Gasteiger partial charge in [0.15, 0.2) is 0 Å². The monoisotopic (exact) mass is 157 g/mol.